The molecule has 0 amide bonds. The number of hydrogen-bond donors (Lipinski definition) is 3. The van der Waals surface area contributed by atoms with Gasteiger partial charge in [-0.3, -0.25) is 0 Å². The Morgan fingerprint density at radius 3 is 2.53 bits per heavy atom. The first kappa shape index (κ1) is 13.3. The molecular weight excluding hydrogens is 218 g/mol. The molecule has 1 heterocycles. The van der Waals surface area contributed by atoms with Gasteiger partial charge >= 0.3 is 0 Å². The Hall–Kier alpha value is -0.160. The number of aliphatic hydroxyl groups excluding tert-OH is 2. The van der Waals surface area contributed by atoms with Crippen molar-refractivity contribution in [2.24, 2.45) is 0 Å². The van der Waals surface area contributed by atoms with Crippen molar-refractivity contribution in [2.45, 2.75) is 62.6 Å². The molecule has 0 aromatic rings. The van der Waals surface area contributed by atoms with E-state index in [1.165, 1.54) is 25.7 Å². The summed E-state index contributed by atoms with van der Waals surface area (Å²) in [7, 11) is 0. The molecule has 1 saturated carbocycles. The van der Waals surface area contributed by atoms with E-state index in [1.807, 2.05) is 6.92 Å². The molecular formula is C13H25NO3. The molecule has 0 bridgehead atoms. The summed E-state index contributed by atoms with van der Waals surface area (Å²) >= 11 is 0. The Morgan fingerprint density at radius 2 is 1.94 bits per heavy atom. The summed E-state index contributed by atoms with van der Waals surface area (Å²) in [6.07, 6.45) is 6.86. The van der Waals surface area contributed by atoms with E-state index in [1.54, 1.807) is 0 Å². The first-order chi connectivity index (χ1) is 8.11. The minimum atomic E-state index is -0.568. The summed E-state index contributed by atoms with van der Waals surface area (Å²) in [4.78, 5) is 0. The highest BCUT2D eigenvalue weighted by molar-refractivity contribution is 4.96. The van der Waals surface area contributed by atoms with Gasteiger partial charge < -0.3 is 20.3 Å². The SMILES string of the molecule is CC(CO)(CO)NC1CCOC2(CCCC2)C1. The topological polar surface area (TPSA) is 61.7 Å². The van der Waals surface area contributed by atoms with Crippen LogP contribution in [0.3, 0.4) is 0 Å². The van der Waals surface area contributed by atoms with Crippen molar-refractivity contribution in [1.29, 1.82) is 0 Å². The molecule has 1 aliphatic heterocycles. The molecule has 3 N–H and O–H groups in total. The Kier molecular flexibility index (Phi) is 4.08. The lowest BCUT2D eigenvalue weighted by molar-refractivity contribution is -0.0890. The number of nitrogens with one attached hydrogen (secondary N) is 1. The van der Waals surface area contributed by atoms with Crippen molar-refractivity contribution in [3.63, 3.8) is 0 Å². The average Bonchev–Trinajstić information content (AvgIpc) is 2.77. The van der Waals surface area contributed by atoms with Gasteiger partial charge in [0, 0.05) is 12.6 Å². The van der Waals surface area contributed by atoms with Gasteiger partial charge in [0.15, 0.2) is 0 Å². The van der Waals surface area contributed by atoms with Gasteiger partial charge in [0.2, 0.25) is 0 Å². The second kappa shape index (κ2) is 5.22. The molecule has 4 heteroatoms. The highest BCUT2D eigenvalue weighted by Crippen LogP contribution is 2.40. The first-order valence-corrected chi connectivity index (χ1v) is 6.75. The van der Waals surface area contributed by atoms with Crippen LogP contribution < -0.4 is 5.32 Å². The van der Waals surface area contributed by atoms with Crippen molar-refractivity contribution in [3.05, 3.63) is 0 Å². The fourth-order valence-electron chi connectivity index (χ4n) is 3.15. The van der Waals surface area contributed by atoms with E-state index in [9.17, 15) is 10.2 Å². The lowest BCUT2D eigenvalue weighted by atomic mass is 9.87. The standard InChI is InChI=1S/C13H25NO3/c1-12(9-15,10-16)14-11-4-7-17-13(8-11)5-2-3-6-13/h11,14-16H,2-10H2,1H3. The maximum Gasteiger partial charge on any atom is 0.0697 e. The van der Waals surface area contributed by atoms with Crippen molar-refractivity contribution in [2.75, 3.05) is 19.8 Å². The summed E-state index contributed by atoms with van der Waals surface area (Å²) in [5, 5.41) is 22.0. The Bertz CT molecular complexity index is 245. The van der Waals surface area contributed by atoms with Crippen LogP contribution in [0.5, 0.6) is 0 Å². The van der Waals surface area contributed by atoms with Crippen LogP contribution in [0.1, 0.15) is 45.4 Å². The van der Waals surface area contributed by atoms with Crippen molar-refractivity contribution in [1.82, 2.24) is 5.32 Å². The monoisotopic (exact) mass is 243 g/mol. The molecule has 100 valence electrons. The van der Waals surface area contributed by atoms with Crippen molar-refractivity contribution >= 4 is 0 Å². The largest absolute Gasteiger partial charge is 0.394 e. The molecule has 1 saturated heterocycles. The zero-order valence-electron chi connectivity index (χ0n) is 10.7. The van der Waals surface area contributed by atoms with E-state index in [0.717, 1.165) is 19.4 Å². The number of aliphatic hydroxyl groups is 2. The van der Waals surface area contributed by atoms with E-state index in [0.29, 0.717) is 6.04 Å². The molecule has 2 fully saturated rings. The minimum Gasteiger partial charge on any atom is -0.394 e. The Morgan fingerprint density at radius 1 is 1.29 bits per heavy atom. The third kappa shape index (κ3) is 2.99. The predicted octanol–water partition coefficient (Wildman–Crippen LogP) is 0.811. The van der Waals surface area contributed by atoms with Crippen LogP contribution in [-0.4, -0.2) is 47.2 Å². The van der Waals surface area contributed by atoms with E-state index in [-0.39, 0.29) is 18.8 Å². The maximum absolute atomic E-state index is 9.32. The molecule has 4 nitrogen and oxygen atoms in total. The van der Waals surface area contributed by atoms with Gasteiger partial charge in [0.1, 0.15) is 0 Å². The summed E-state index contributed by atoms with van der Waals surface area (Å²) in [5.41, 5.74) is -0.483. The minimum absolute atomic E-state index is 0.0339. The second-order valence-corrected chi connectivity index (χ2v) is 5.95. The van der Waals surface area contributed by atoms with E-state index in [4.69, 9.17) is 4.74 Å². The number of rotatable bonds is 4. The van der Waals surface area contributed by atoms with Crippen LogP contribution in [0, 0.1) is 0 Å². The molecule has 0 radical (unpaired) electrons. The second-order valence-electron chi connectivity index (χ2n) is 5.95. The fraction of sp³-hybridized carbons (Fsp3) is 1.00. The van der Waals surface area contributed by atoms with Crippen LogP contribution in [0.2, 0.25) is 0 Å². The fourth-order valence-corrected chi connectivity index (χ4v) is 3.15. The quantitative estimate of drug-likeness (QED) is 0.684. The average molecular weight is 243 g/mol. The molecule has 1 spiro atoms. The maximum atomic E-state index is 9.32. The molecule has 0 aromatic heterocycles. The van der Waals surface area contributed by atoms with Crippen molar-refractivity contribution < 1.29 is 14.9 Å². The third-order valence-electron chi connectivity index (χ3n) is 4.26. The zero-order valence-corrected chi connectivity index (χ0v) is 10.7. The van der Waals surface area contributed by atoms with Gasteiger partial charge in [-0.05, 0) is 32.6 Å². The number of hydrogen-bond acceptors (Lipinski definition) is 4. The summed E-state index contributed by atoms with van der Waals surface area (Å²) < 4.78 is 5.97. The molecule has 2 aliphatic rings. The summed E-state index contributed by atoms with van der Waals surface area (Å²) in [5.74, 6) is 0. The van der Waals surface area contributed by atoms with E-state index in [2.05, 4.69) is 5.32 Å². The summed E-state index contributed by atoms with van der Waals surface area (Å²) in [6.45, 7) is 2.59. The van der Waals surface area contributed by atoms with Crippen LogP contribution in [0.15, 0.2) is 0 Å². The van der Waals surface area contributed by atoms with E-state index >= 15 is 0 Å². The Labute approximate surface area is 103 Å². The van der Waals surface area contributed by atoms with Gasteiger partial charge in [-0.2, -0.15) is 0 Å². The van der Waals surface area contributed by atoms with Crippen LogP contribution in [-0.2, 0) is 4.74 Å². The normalized spacial score (nSPS) is 28.8. The summed E-state index contributed by atoms with van der Waals surface area (Å²) in [6, 6.07) is 0.353. The van der Waals surface area contributed by atoms with Crippen molar-refractivity contribution in [3.8, 4) is 0 Å². The van der Waals surface area contributed by atoms with Gasteiger partial charge in [0.05, 0.1) is 24.4 Å². The van der Waals surface area contributed by atoms with Gasteiger partial charge in [0.25, 0.3) is 0 Å². The molecule has 1 unspecified atom stereocenters. The molecule has 2 rings (SSSR count). The lowest BCUT2D eigenvalue weighted by Gasteiger charge is -2.42. The Balaban J connectivity index is 1.93. The van der Waals surface area contributed by atoms with Gasteiger partial charge in [-0.1, -0.05) is 12.8 Å². The van der Waals surface area contributed by atoms with Crippen LogP contribution in [0.25, 0.3) is 0 Å². The molecule has 17 heavy (non-hydrogen) atoms. The zero-order chi connectivity index (χ0) is 12.4. The highest BCUT2D eigenvalue weighted by Gasteiger charge is 2.41. The van der Waals surface area contributed by atoms with E-state index < -0.39 is 5.54 Å². The van der Waals surface area contributed by atoms with Crippen LogP contribution >= 0.6 is 0 Å². The predicted molar refractivity (Wildman–Crippen MR) is 65.9 cm³/mol. The number of ether oxygens (including phenoxy) is 1. The lowest BCUT2D eigenvalue weighted by Crippen LogP contribution is -2.57. The van der Waals surface area contributed by atoms with Gasteiger partial charge in [-0.15, -0.1) is 0 Å². The molecule has 1 atom stereocenters. The molecule has 0 aromatic carbocycles. The molecule has 1 aliphatic carbocycles. The first-order valence-electron chi connectivity index (χ1n) is 6.75. The van der Waals surface area contributed by atoms with Crippen LogP contribution in [0.4, 0.5) is 0 Å². The smallest absolute Gasteiger partial charge is 0.0697 e. The third-order valence-corrected chi connectivity index (χ3v) is 4.26. The van der Waals surface area contributed by atoms with Gasteiger partial charge in [-0.25, -0.2) is 0 Å². The highest BCUT2D eigenvalue weighted by atomic mass is 16.5.